The number of benzene rings is 3. The smallest absolute Gasteiger partial charge is 0.266 e. The topological polar surface area (TPSA) is 49.9 Å². The molecule has 0 radical (unpaired) electrons. The van der Waals surface area contributed by atoms with Crippen LogP contribution in [0.5, 0.6) is 0 Å². The number of anilines is 2. The third-order valence-corrected chi connectivity index (χ3v) is 5.81. The molecule has 2 fully saturated rings. The molecule has 30 heavy (non-hydrogen) atoms. The van der Waals surface area contributed by atoms with Gasteiger partial charge in [-0.15, -0.1) is 0 Å². The highest BCUT2D eigenvalue weighted by molar-refractivity contribution is 6.35. The summed E-state index contributed by atoms with van der Waals surface area (Å²) in [4.78, 5) is 34.0. The fraction of sp³-hybridized carbons (Fsp3) is 0.130. The quantitative estimate of drug-likeness (QED) is 0.537. The number of amides is 2. The van der Waals surface area contributed by atoms with Crippen molar-refractivity contribution in [1.29, 1.82) is 0 Å². The minimum Gasteiger partial charge on any atom is -0.273 e. The number of para-hydroxylation sites is 1. The van der Waals surface area contributed by atoms with Gasteiger partial charge >= 0.3 is 0 Å². The summed E-state index contributed by atoms with van der Waals surface area (Å²) in [5, 5.41) is 2.37. The van der Waals surface area contributed by atoms with Crippen molar-refractivity contribution < 1.29 is 14.4 Å². The zero-order valence-corrected chi connectivity index (χ0v) is 17.1. The summed E-state index contributed by atoms with van der Waals surface area (Å²) in [6.07, 6.45) is -0.930. The summed E-state index contributed by atoms with van der Waals surface area (Å²) >= 11 is 12.2. The molecule has 3 aromatic carbocycles. The number of hydrogen-bond acceptors (Lipinski definition) is 4. The van der Waals surface area contributed by atoms with Crippen molar-refractivity contribution in [3.63, 3.8) is 0 Å². The summed E-state index contributed by atoms with van der Waals surface area (Å²) in [5.74, 6) is -1.46. The van der Waals surface area contributed by atoms with Crippen LogP contribution < -0.4 is 9.96 Å². The SMILES string of the molecule is O=C1[C@@H]2[C@H](ON(c3ccccc3)[C@@H]2c2ccccc2)C(=O)N1c1cc(Cl)cc(Cl)c1. The van der Waals surface area contributed by atoms with Crippen LogP contribution in [0.2, 0.25) is 10.0 Å². The predicted molar refractivity (Wildman–Crippen MR) is 115 cm³/mol. The second-order valence-electron chi connectivity index (χ2n) is 7.21. The molecule has 7 heteroatoms. The highest BCUT2D eigenvalue weighted by Crippen LogP contribution is 2.47. The lowest BCUT2D eigenvalue weighted by molar-refractivity contribution is -0.126. The minimum absolute atomic E-state index is 0.337. The average Bonchev–Trinajstić information content (AvgIpc) is 3.25. The second-order valence-corrected chi connectivity index (χ2v) is 8.08. The number of carbonyl (C=O) groups is 2. The van der Waals surface area contributed by atoms with E-state index in [1.165, 1.54) is 0 Å². The largest absolute Gasteiger partial charge is 0.273 e. The number of hydrogen-bond donors (Lipinski definition) is 0. The number of fused-ring (bicyclic) bond motifs is 1. The third-order valence-electron chi connectivity index (χ3n) is 5.37. The summed E-state index contributed by atoms with van der Waals surface area (Å²) in [6, 6.07) is 23.2. The predicted octanol–water partition coefficient (Wildman–Crippen LogP) is 5.04. The molecule has 3 atom stereocenters. The van der Waals surface area contributed by atoms with E-state index in [9.17, 15) is 9.59 Å². The monoisotopic (exact) mass is 438 g/mol. The van der Waals surface area contributed by atoms with Gasteiger partial charge in [0.25, 0.3) is 5.91 Å². The molecule has 2 aliphatic rings. The summed E-state index contributed by atoms with van der Waals surface area (Å²) < 4.78 is 0. The van der Waals surface area contributed by atoms with Gasteiger partial charge in [-0.3, -0.25) is 14.4 Å². The molecule has 5 nitrogen and oxygen atoms in total. The average molecular weight is 439 g/mol. The first kappa shape index (κ1) is 19.1. The van der Waals surface area contributed by atoms with E-state index < -0.39 is 24.0 Å². The van der Waals surface area contributed by atoms with Crippen LogP contribution in [0.25, 0.3) is 0 Å². The fourth-order valence-corrected chi connectivity index (χ4v) is 4.64. The Labute approximate surface area is 183 Å². The first-order valence-electron chi connectivity index (χ1n) is 9.44. The van der Waals surface area contributed by atoms with Crippen LogP contribution in [-0.4, -0.2) is 17.9 Å². The van der Waals surface area contributed by atoms with Gasteiger partial charge in [-0.1, -0.05) is 71.7 Å². The van der Waals surface area contributed by atoms with Gasteiger partial charge < -0.3 is 0 Å². The number of imide groups is 1. The van der Waals surface area contributed by atoms with E-state index in [4.69, 9.17) is 28.0 Å². The zero-order chi connectivity index (χ0) is 20.8. The Hall–Kier alpha value is -2.86. The molecule has 0 spiro atoms. The van der Waals surface area contributed by atoms with Gasteiger partial charge in [0.05, 0.1) is 17.4 Å². The molecule has 3 aromatic rings. The molecular weight excluding hydrogens is 423 g/mol. The molecule has 0 bridgehead atoms. The van der Waals surface area contributed by atoms with Crippen LogP contribution in [0.3, 0.4) is 0 Å². The highest BCUT2D eigenvalue weighted by atomic mass is 35.5. The molecule has 2 heterocycles. The van der Waals surface area contributed by atoms with Crippen molar-refractivity contribution in [3.05, 3.63) is 94.5 Å². The van der Waals surface area contributed by atoms with Gasteiger partial charge in [0, 0.05) is 10.0 Å². The van der Waals surface area contributed by atoms with E-state index in [0.29, 0.717) is 15.7 Å². The van der Waals surface area contributed by atoms with E-state index in [1.807, 2.05) is 60.7 Å². The number of halogens is 2. The van der Waals surface area contributed by atoms with Crippen LogP contribution >= 0.6 is 23.2 Å². The maximum atomic E-state index is 13.5. The Balaban J connectivity index is 1.59. The van der Waals surface area contributed by atoms with Crippen molar-refractivity contribution in [2.45, 2.75) is 12.1 Å². The molecule has 0 unspecified atom stereocenters. The molecule has 0 saturated carbocycles. The van der Waals surface area contributed by atoms with Gasteiger partial charge in [0.1, 0.15) is 5.92 Å². The van der Waals surface area contributed by atoms with Gasteiger partial charge in [-0.2, -0.15) is 0 Å². The van der Waals surface area contributed by atoms with Gasteiger partial charge in [-0.25, -0.2) is 9.96 Å². The number of nitrogens with zero attached hydrogens (tertiary/aromatic N) is 2. The maximum Gasteiger partial charge on any atom is 0.266 e. The Morgan fingerprint density at radius 2 is 1.33 bits per heavy atom. The molecular formula is C23H16Cl2N2O3. The minimum atomic E-state index is -0.930. The van der Waals surface area contributed by atoms with Crippen molar-refractivity contribution in [1.82, 2.24) is 0 Å². The molecule has 2 saturated heterocycles. The summed E-state index contributed by atoms with van der Waals surface area (Å²) in [7, 11) is 0. The highest BCUT2D eigenvalue weighted by Gasteiger charge is 2.60. The van der Waals surface area contributed by atoms with Crippen LogP contribution in [0.1, 0.15) is 11.6 Å². The first-order valence-corrected chi connectivity index (χ1v) is 10.2. The maximum absolute atomic E-state index is 13.5. The van der Waals surface area contributed by atoms with Crippen molar-refractivity contribution in [2.24, 2.45) is 5.92 Å². The van der Waals surface area contributed by atoms with Crippen molar-refractivity contribution in [2.75, 3.05) is 9.96 Å². The third kappa shape index (κ3) is 3.06. The van der Waals surface area contributed by atoms with Crippen LogP contribution in [0.15, 0.2) is 78.9 Å². The standard InChI is InChI=1S/C23H16Cl2N2O3/c24-15-11-16(25)13-18(12-15)26-22(28)19-20(14-7-3-1-4-8-14)27(30-21(19)23(26)29)17-9-5-2-6-10-17/h1-13,19-21H/t19-,20+,21-/m0/s1. The number of rotatable bonds is 3. The number of carbonyl (C=O) groups excluding carboxylic acids is 2. The van der Waals surface area contributed by atoms with Crippen molar-refractivity contribution in [3.8, 4) is 0 Å². The molecule has 2 aliphatic heterocycles. The first-order chi connectivity index (χ1) is 14.5. The van der Waals surface area contributed by atoms with E-state index in [-0.39, 0.29) is 5.91 Å². The van der Waals surface area contributed by atoms with Crippen LogP contribution in [0.4, 0.5) is 11.4 Å². The molecule has 0 N–H and O–H groups in total. The van der Waals surface area contributed by atoms with E-state index in [0.717, 1.165) is 16.2 Å². The van der Waals surface area contributed by atoms with Crippen LogP contribution in [0, 0.1) is 5.92 Å². The lowest BCUT2D eigenvalue weighted by Crippen LogP contribution is -2.37. The molecule has 2 amide bonds. The Bertz CT molecular complexity index is 1100. The Kier molecular flexibility index (Phi) is 4.74. The van der Waals surface area contributed by atoms with E-state index in [2.05, 4.69) is 0 Å². The Morgan fingerprint density at radius 3 is 1.97 bits per heavy atom. The lowest BCUT2D eigenvalue weighted by atomic mass is 9.90. The number of hydroxylamine groups is 1. The van der Waals surface area contributed by atoms with Crippen molar-refractivity contribution >= 4 is 46.4 Å². The van der Waals surface area contributed by atoms with Gasteiger partial charge in [0.2, 0.25) is 5.91 Å². The van der Waals surface area contributed by atoms with E-state index >= 15 is 0 Å². The summed E-state index contributed by atoms with van der Waals surface area (Å²) in [6.45, 7) is 0. The lowest BCUT2D eigenvalue weighted by Gasteiger charge is -2.28. The molecule has 150 valence electrons. The summed E-state index contributed by atoms with van der Waals surface area (Å²) in [5.41, 5.74) is 2.01. The van der Waals surface area contributed by atoms with E-state index in [1.54, 1.807) is 23.3 Å². The van der Waals surface area contributed by atoms with Crippen LogP contribution in [-0.2, 0) is 14.4 Å². The second kappa shape index (κ2) is 7.43. The Morgan fingerprint density at radius 1 is 0.733 bits per heavy atom. The normalized spacial score (nSPS) is 23.2. The van der Waals surface area contributed by atoms with Gasteiger partial charge in [-0.05, 0) is 35.9 Å². The fourth-order valence-electron chi connectivity index (χ4n) is 4.13. The molecule has 5 rings (SSSR count). The zero-order valence-electron chi connectivity index (χ0n) is 15.6. The van der Waals surface area contributed by atoms with Gasteiger partial charge in [0.15, 0.2) is 6.10 Å². The molecule has 0 aliphatic carbocycles. The molecule has 0 aromatic heterocycles.